The molecule has 1 saturated heterocycles. The quantitative estimate of drug-likeness (QED) is 0.420. The van der Waals surface area contributed by atoms with Crippen LogP contribution >= 0.6 is 11.6 Å². The lowest BCUT2D eigenvalue weighted by atomic mass is 9.91. The number of amides is 2. The second-order valence-electron chi connectivity index (χ2n) is 7.78. The first kappa shape index (κ1) is 22.7. The van der Waals surface area contributed by atoms with Gasteiger partial charge in [0, 0.05) is 22.9 Å². The Kier molecular flexibility index (Phi) is 6.84. The summed E-state index contributed by atoms with van der Waals surface area (Å²) in [6.07, 6.45) is -1.25. The Balaban J connectivity index is 1.73. The summed E-state index contributed by atoms with van der Waals surface area (Å²) in [5.41, 5.74) is 1.57. The van der Waals surface area contributed by atoms with E-state index >= 15 is 0 Å². The number of cyclic esters (lactones) is 1. The summed E-state index contributed by atoms with van der Waals surface area (Å²) >= 11 is 6.15. The summed E-state index contributed by atoms with van der Waals surface area (Å²) in [5, 5.41) is 0.157. The van der Waals surface area contributed by atoms with E-state index in [1.807, 2.05) is 60.7 Å². The van der Waals surface area contributed by atoms with E-state index in [1.165, 1.54) is 18.2 Å². The van der Waals surface area contributed by atoms with E-state index in [2.05, 4.69) is 0 Å². The molecule has 3 aromatic carbocycles. The molecule has 0 aromatic heterocycles. The number of nitrogens with zero attached hydrogens (tertiary/aromatic N) is 1. The van der Waals surface area contributed by atoms with Crippen LogP contribution in [0.1, 0.15) is 35.3 Å². The Labute approximate surface area is 195 Å². The number of benzene rings is 3. The van der Waals surface area contributed by atoms with Crippen molar-refractivity contribution < 1.29 is 23.5 Å². The van der Waals surface area contributed by atoms with Crippen LogP contribution < -0.4 is 0 Å². The first-order valence-electron chi connectivity index (χ1n) is 10.5. The molecule has 0 unspecified atom stereocenters. The number of aldehydes is 1. The van der Waals surface area contributed by atoms with Crippen molar-refractivity contribution in [3.05, 3.63) is 106 Å². The molecule has 7 heteroatoms. The van der Waals surface area contributed by atoms with Gasteiger partial charge in [-0.3, -0.25) is 4.79 Å². The first-order valence-corrected chi connectivity index (χ1v) is 10.9. The summed E-state index contributed by atoms with van der Waals surface area (Å²) in [4.78, 5) is 39.1. The van der Waals surface area contributed by atoms with Crippen LogP contribution in [0.5, 0.6) is 0 Å². The smallest absolute Gasteiger partial charge is 0.417 e. The maximum atomic E-state index is 14.4. The predicted molar refractivity (Wildman–Crippen MR) is 121 cm³/mol. The van der Waals surface area contributed by atoms with E-state index in [9.17, 15) is 18.8 Å². The Morgan fingerprint density at radius 2 is 1.64 bits per heavy atom. The lowest BCUT2D eigenvalue weighted by molar-refractivity contribution is -0.135. The van der Waals surface area contributed by atoms with Gasteiger partial charge >= 0.3 is 6.09 Å². The number of halogens is 2. The van der Waals surface area contributed by atoms with Gasteiger partial charge in [0.2, 0.25) is 5.91 Å². The highest BCUT2D eigenvalue weighted by Crippen LogP contribution is 2.44. The zero-order chi connectivity index (χ0) is 23.4. The van der Waals surface area contributed by atoms with Crippen LogP contribution in [-0.4, -0.2) is 23.2 Å². The minimum atomic E-state index is -0.981. The van der Waals surface area contributed by atoms with Gasteiger partial charge in [0.25, 0.3) is 0 Å². The third kappa shape index (κ3) is 4.66. The summed E-state index contributed by atoms with van der Waals surface area (Å²) in [6, 6.07) is 21.7. The number of carbonyl (C=O) groups is 3. The maximum Gasteiger partial charge on any atom is 0.417 e. The molecule has 4 rings (SSSR count). The second-order valence-corrected chi connectivity index (χ2v) is 8.19. The summed E-state index contributed by atoms with van der Waals surface area (Å²) in [6.45, 7) is 0. The normalized spacial score (nSPS) is 18.6. The van der Waals surface area contributed by atoms with Gasteiger partial charge in [0.05, 0.1) is 0 Å². The Morgan fingerprint density at radius 3 is 2.24 bits per heavy atom. The molecule has 1 fully saturated rings. The monoisotopic (exact) mass is 465 g/mol. The molecular formula is C26H21ClFNO4. The number of hydrogen-bond acceptors (Lipinski definition) is 4. The summed E-state index contributed by atoms with van der Waals surface area (Å²) in [5.74, 6) is -2.17. The van der Waals surface area contributed by atoms with Crippen molar-refractivity contribution >= 4 is 29.9 Å². The van der Waals surface area contributed by atoms with Gasteiger partial charge in [-0.25, -0.2) is 14.1 Å². The molecule has 3 aromatic rings. The highest BCUT2D eigenvalue weighted by Gasteiger charge is 2.48. The van der Waals surface area contributed by atoms with Crippen molar-refractivity contribution in [1.29, 1.82) is 0 Å². The van der Waals surface area contributed by atoms with Gasteiger partial charge in [-0.2, -0.15) is 0 Å². The minimum absolute atomic E-state index is 0.121. The van der Waals surface area contributed by atoms with Gasteiger partial charge in [-0.05, 0) is 29.7 Å². The van der Waals surface area contributed by atoms with E-state index in [1.54, 1.807) is 0 Å². The number of rotatable bonds is 7. The molecule has 168 valence electrons. The van der Waals surface area contributed by atoms with Crippen molar-refractivity contribution in [3.63, 3.8) is 0 Å². The molecular weight excluding hydrogens is 445 g/mol. The molecule has 0 bridgehead atoms. The van der Waals surface area contributed by atoms with Crippen LogP contribution in [0.2, 0.25) is 5.02 Å². The van der Waals surface area contributed by atoms with Crippen LogP contribution in [0, 0.1) is 11.7 Å². The fourth-order valence-corrected chi connectivity index (χ4v) is 4.37. The largest absolute Gasteiger partial charge is 0.438 e. The Hall–Kier alpha value is -3.51. The molecule has 0 aliphatic carbocycles. The van der Waals surface area contributed by atoms with Gasteiger partial charge in [0.15, 0.2) is 6.10 Å². The van der Waals surface area contributed by atoms with Crippen molar-refractivity contribution in [1.82, 2.24) is 4.90 Å². The van der Waals surface area contributed by atoms with Crippen LogP contribution in [-0.2, 0) is 20.7 Å². The zero-order valence-electron chi connectivity index (χ0n) is 17.6. The number of carbonyl (C=O) groups excluding carboxylic acids is 3. The molecule has 1 heterocycles. The van der Waals surface area contributed by atoms with Crippen molar-refractivity contribution in [3.8, 4) is 0 Å². The van der Waals surface area contributed by atoms with Crippen LogP contribution in [0.3, 0.4) is 0 Å². The van der Waals surface area contributed by atoms with Crippen LogP contribution in [0.15, 0.2) is 78.9 Å². The van der Waals surface area contributed by atoms with Crippen LogP contribution in [0.25, 0.3) is 0 Å². The molecule has 0 spiro atoms. The summed E-state index contributed by atoms with van der Waals surface area (Å²) < 4.78 is 20.1. The molecule has 0 radical (unpaired) electrons. The van der Waals surface area contributed by atoms with Gasteiger partial charge in [-0.15, -0.1) is 0 Å². The minimum Gasteiger partial charge on any atom is -0.438 e. The maximum absolute atomic E-state index is 14.4. The highest BCUT2D eigenvalue weighted by atomic mass is 35.5. The lowest BCUT2D eigenvalue weighted by Gasteiger charge is -2.27. The molecule has 1 aliphatic rings. The van der Waals surface area contributed by atoms with E-state index < -0.39 is 35.9 Å². The SMILES string of the molecule is O=CC[C@H](Cc1c(F)cccc1Cl)C(=O)N1C(=O)O[C@H](c2ccccc2)[C@@H]1c1ccccc1. The Morgan fingerprint density at radius 1 is 1.00 bits per heavy atom. The Bertz CT molecular complexity index is 1140. The average Bonchev–Trinajstić information content (AvgIpc) is 3.18. The highest BCUT2D eigenvalue weighted by molar-refractivity contribution is 6.31. The molecule has 1 aliphatic heterocycles. The zero-order valence-corrected chi connectivity index (χ0v) is 18.3. The van der Waals surface area contributed by atoms with E-state index in [0.717, 1.165) is 10.5 Å². The summed E-state index contributed by atoms with van der Waals surface area (Å²) in [7, 11) is 0. The third-order valence-electron chi connectivity index (χ3n) is 5.74. The number of imide groups is 1. The fraction of sp³-hybridized carbons (Fsp3) is 0.192. The van der Waals surface area contributed by atoms with Crippen molar-refractivity contribution in [2.75, 3.05) is 0 Å². The number of hydrogen-bond donors (Lipinski definition) is 0. The molecule has 0 N–H and O–H groups in total. The average molecular weight is 466 g/mol. The van der Waals surface area contributed by atoms with E-state index in [4.69, 9.17) is 16.3 Å². The van der Waals surface area contributed by atoms with Crippen LogP contribution in [0.4, 0.5) is 9.18 Å². The molecule has 0 saturated carbocycles. The van der Waals surface area contributed by atoms with E-state index in [-0.39, 0.29) is 23.4 Å². The number of ether oxygens (including phenoxy) is 1. The molecule has 3 atom stereocenters. The third-order valence-corrected chi connectivity index (χ3v) is 6.09. The lowest BCUT2D eigenvalue weighted by Crippen LogP contribution is -2.40. The standard InChI is InChI=1S/C26H21ClFNO4/c27-21-12-7-13-22(28)20(21)16-19(14-15-30)25(31)29-23(17-8-3-1-4-9-17)24(33-26(29)32)18-10-5-2-6-11-18/h1-13,15,19,23-24H,14,16H2/t19-,23+,24-/m1/s1. The van der Waals surface area contributed by atoms with Gasteiger partial charge < -0.3 is 9.53 Å². The van der Waals surface area contributed by atoms with Gasteiger partial charge in [-0.1, -0.05) is 78.3 Å². The fourth-order valence-electron chi connectivity index (χ4n) is 4.13. The van der Waals surface area contributed by atoms with Gasteiger partial charge in [0.1, 0.15) is 18.1 Å². The topological polar surface area (TPSA) is 63.7 Å². The molecule has 5 nitrogen and oxygen atoms in total. The predicted octanol–water partition coefficient (Wildman–Crippen LogP) is 5.69. The van der Waals surface area contributed by atoms with Crippen molar-refractivity contribution in [2.45, 2.75) is 25.0 Å². The molecule has 2 amide bonds. The molecule has 33 heavy (non-hydrogen) atoms. The first-order chi connectivity index (χ1) is 16.0. The van der Waals surface area contributed by atoms with E-state index in [0.29, 0.717) is 11.8 Å². The second kappa shape index (κ2) is 9.96. The van der Waals surface area contributed by atoms with Crippen molar-refractivity contribution in [2.24, 2.45) is 5.92 Å².